The second-order valence-electron chi connectivity index (χ2n) is 4.59. The van der Waals surface area contributed by atoms with Crippen LogP contribution in [0.5, 0.6) is 0 Å². The van der Waals surface area contributed by atoms with Crippen LogP contribution in [0.3, 0.4) is 0 Å². The first kappa shape index (κ1) is 12.6. The Hall–Kier alpha value is -1.38. The van der Waals surface area contributed by atoms with Crippen LogP contribution in [-0.4, -0.2) is 0 Å². The van der Waals surface area contributed by atoms with Crippen molar-refractivity contribution in [3.8, 4) is 0 Å². The smallest absolute Gasteiger partial charge is 0.197 e. The Morgan fingerprint density at radius 3 is 2.74 bits per heavy atom. The number of hydrogen-bond acceptors (Lipinski definition) is 2. The average Bonchev–Trinajstić information content (AvgIpc) is 2.42. The van der Waals surface area contributed by atoms with Crippen LogP contribution in [0.1, 0.15) is 18.9 Å². The van der Waals surface area contributed by atoms with Crippen LogP contribution in [0.25, 0.3) is 20.2 Å². The van der Waals surface area contributed by atoms with E-state index in [9.17, 15) is 4.79 Å². The first-order valence-electron chi connectivity index (χ1n) is 6.35. The first-order valence-corrected chi connectivity index (χ1v) is 7.54. The van der Waals surface area contributed by atoms with Gasteiger partial charge >= 0.3 is 0 Å². The molecule has 3 rings (SSSR count). The molecule has 0 aliphatic carbocycles. The van der Waals surface area contributed by atoms with E-state index < -0.39 is 0 Å². The number of aryl methyl sites for hydroxylation is 1. The maximum absolute atomic E-state index is 12.6. The van der Waals surface area contributed by atoms with Gasteiger partial charge in [-0.3, -0.25) is 4.79 Å². The summed E-state index contributed by atoms with van der Waals surface area (Å²) in [5, 5.41) is 1.99. The Bertz CT molecular complexity index is 820. The molecule has 3 aromatic rings. The molecule has 0 bridgehead atoms. The lowest BCUT2D eigenvalue weighted by molar-refractivity contribution is 0.931. The number of fused-ring (bicyclic) bond motifs is 2. The Balaban J connectivity index is 2.53. The molecule has 0 fully saturated rings. The van der Waals surface area contributed by atoms with E-state index in [0.29, 0.717) is 10.4 Å². The first-order chi connectivity index (χ1) is 9.22. The maximum atomic E-state index is 12.6. The fraction of sp³-hybridized carbons (Fsp3) is 0.188. The number of halogens is 1. The molecule has 0 N–H and O–H groups in total. The largest absolute Gasteiger partial charge is 0.288 e. The predicted octanol–water partition coefficient (Wildman–Crippen LogP) is 5.02. The highest BCUT2D eigenvalue weighted by molar-refractivity contribution is 7.24. The average molecular weight is 289 g/mol. The molecular formula is C16H13ClOS. The standard InChI is InChI=1S/C16H13ClOS/c1-2-5-10-8-9-12(17)14-15(18)11-6-3-4-7-13(11)19-16(10)14/h3-4,6-9H,2,5H2,1H3. The Labute approximate surface area is 120 Å². The van der Waals surface area contributed by atoms with Gasteiger partial charge in [0.25, 0.3) is 0 Å². The van der Waals surface area contributed by atoms with Crippen molar-refractivity contribution in [3.05, 3.63) is 57.2 Å². The monoisotopic (exact) mass is 288 g/mol. The summed E-state index contributed by atoms with van der Waals surface area (Å²) in [6.45, 7) is 2.14. The van der Waals surface area contributed by atoms with Gasteiger partial charge in [0.2, 0.25) is 0 Å². The van der Waals surface area contributed by atoms with Crippen molar-refractivity contribution < 1.29 is 0 Å². The molecule has 0 aliphatic rings. The van der Waals surface area contributed by atoms with Gasteiger partial charge in [0.1, 0.15) is 0 Å². The summed E-state index contributed by atoms with van der Waals surface area (Å²) in [5.41, 5.74) is 1.27. The minimum absolute atomic E-state index is 0.0484. The molecule has 0 radical (unpaired) electrons. The van der Waals surface area contributed by atoms with Crippen molar-refractivity contribution in [1.29, 1.82) is 0 Å². The molecule has 0 spiro atoms. The van der Waals surface area contributed by atoms with E-state index in [4.69, 9.17) is 11.6 Å². The van der Waals surface area contributed by atoms with Crippen LogP contribution in [0, 0.1) is 0 Å². The Morgan fingerprint density at radius 1 is 1.16 bits per heavy atom. The van der Waals surface area contributed by atoms with Gasteiger partial charge in [0.05, 0.1) is 10.4 Å². The molecule has 0 unspecified atom stereocenters. The van der Waals surface area contributed by atoms with Crippen LogP contribution in [0.15, 0.2) is 41.2 Å². The lowest BCUT2D eigenvalue weighted by Gasteiger charge is -2.07. The fourth-order valence-electron chi connectivity index (χ4n) is 2.38. The zero-order valence-electron chi connectivity index (χ0n) is 10.6. The molecule has 19 heavy (non-hydrogen) atoms. The van der Waals surface area contributed by atoms with Crippen molar-refractivity contribution in [2.24, 2.45) is 0 Å². The molecule has 0 amide bonds. The SMILES string of the molecule is CCCc1ccc(Cl)c2c(=O)c3ccccc3sc12. The zero-order valence-corrected chi connectivity index (χ0v) is 12.1. The summed E-state index contributed by atoms with van der Waals surface area (Å²) in [5.74, 6) is 0. The van der Waals surface area contributed by atoms with Gasteiger partial charge in [0, 0.05) is 14.8 Å². The molecule has 1 aromatic heterocycles. The van der Waals surface area contributed by atoms with Crippen molar-refractivity contribution in [1.82, 2.24) is 0 Å². The quantitative estimate of drug-likeness (QED) is 0.605. The summed E-state index contributed by atoms with van der Waals surface area (Å²) in [6.07, 6.45) is 2.03. The molecule has 96 valence electrons. The van der Waals surface area contributed by atoms with Crippen molar-refractivity contribution in [2.75, 3.05) is 0 Å². The number of hydrogen-bond donors (Lipinski definition) is 0. The lowest BCUT2D eigenvalue weighted by Crippen LogP contribution is -2.03. The van der Waals surface area contributed by atoms with Crippen LogP contribution in [-0.2, 0) is 6.42 Å². The topological polar surface area (TPSA) is 17.1 Å². The normalized spacial score (nSPS) is 11.3. The van der Waals surface area contributed by atoms with E-state index in [1.165, 1.54) is 5.56 Å². The van der Waals surface area contributed by atoms with Gasteiger partial charge in [-0.15, -0.1) is 11.3 Å². The second-order valence-corrected chi connectivity index (χ2v) is 6.05. The Morgan fingerprint density at radius 2 is 1.95 bits per heavy atom. The molecule has 0 atom stereocenters. The third kappa shape index (κ3) is 2.05. The van der Waals surface area contributed by atoms with Gasteiger partial charge in [-0.25, -0.2) is 0 Å². The molecule has 0 aliphatic heterocycles. The highest BCUT2D eigenvalue weighted by atomic mass is 35.5. The van der Waals surface area contributed by atoms with Crippen LogP contribution in [0.2, 0.25) is 5.02 Å². The maximum Gasteiger partial charge on any atom is 0.197 e. The van der Waals surface area contributed by atoms with Gasteiger partial charge < -0.3 is 0 Å². The van der Waals surface area contributed by atoms with E-state index >= 15 is 0 Å². The summed E-state index contributed by atoms with van der Waals surface area (Å²) >= 11 is 7.90. The van der Waals surface area contributed by atoms with Gasteiger partial charge in [-0.2, -0.15) is 0 Å². The van der Waals surface area contributed by atoms with E-state index in [2.05, 4.69) is 6.92 Å². The summed E-state index contributed by atoms with van der Waals surface area (Å²) in [6, 6.07) is 11.6. The fourth-order valence-corrected chi connectivity index (χ4v) is 3.93. The van der Waals surface area contributed by atoms with Crippen molar-refractivity contribution in [3.63, 3.8) is 0 Å². The predicted molar refractivity (Wildman–Crippen MR) is 84.6 cm³/mol. The van der Waals surface area contributed by atoms with Gasteiger partial charge in [-0.1, -0.05) is 43.1 Å². The lowest BCUT2D eigenvalue weighted by atomic mass is 10.1. The number of rotatable bonds is 2. The molecular weight excluding hydrogens is 276 g/mol. The third-order valence-electron chi connectivity index (χ3n) is 3.28. The number of benzene rings is 2. The van der Waals surface area contributed by atoms with Gasteiger partial charge in [0.15, 0.2) is 5.43 Å². The zero-order chi connectivity index (χ0) is 13.4. The second kappa shape index (κ2) is 4.95. The Kier molecular flexibility index (Phi) is 3.29. The minimum atomic E-state index is 0.0484. The molecule has 3 heteroatoms. The highest BCUT2D eigenvalue weighted by Gasteiger charge is 2.11. The van der Waals surface area contributed by atoms with E-state index in [-0.39, 0.29) is 5.43 Å². The van der Waals surface area contributed by atoms with E-state index in [1.807, 2.05) is 36.4 Å². The minimum Gasteiger partial charge on any atom is -0.288 e. The summed E-state index contributed by atoms with van der Waals surface area (Å²) < 4.78 is 2.07. The van der Waals surface area contributed by atoms with Crippen LogP contribution >= 0.6 is 22.9 Å². The van der Waals surface area contributed by atoms with Crippen molar-refractivity contribution >= 4 is 43.1 Å². The van der Waals surface area contributed by atoms with E-state index in [1.54, 1.807) is 11.3 Å². The van der Waals surface area contributed by atoms with E-state index in [0.717, 1.165) is 27.6 Å². The van der Waals surface area contributed by atoms with Crippen LogP contribution in [0.4, 0.5) is 0 Å². The molecule has 1 heterocycles. The summed E-state index contributed by atoms with van der Waals surface area (Å²) in [4.78, 5) is 12.6. The van der Waals surface area contributed by atoms with Crippen molar-refractivity contribution in [2.45, 2.75) is 19.8 Å². The molecule has 0 saturated carbocycles. The van der Waals surface area contributed by atoms with Crippen LogP contribution < -0.4 is 5.43 Å². The summed E-state index contributed by atoms with van der Waals surface area (Å²) in [7, 11) is 0. The highest BCUT2D eigenvalue weighted by Crippen LogP contribution is 2.32. The molecule has 1 nitrogen and oxygen atoms in total. The molecule has 0 saturated heterocycles. The van der Waals surface area contributed by atoms with Gasteiger partial charge in [-0.05, 0) is 30.2 Å². The third-order valence-corrected chi connectivity index (χ3v) is 4.84. The molecule has 2 aromatic carbocycles.